The normalized spacial score (nSPS) is 22.1. The van der Waals surface area contributed by atoms with Crippen LogP contribution in [0.5, 0.6) is 0 Å². The Morgan fingerprint density at radius 2 is 2.10 bits per heavy atom. The molecule has 1 atom stereocenters. The minimum Gasteiger partial charge on any atom is -0.394 e. The maximum atomic E-state index is 9.40. The maximum absolute atomic E-state index is 9.40. The molecule has 3 N–H and O–H groups in total. The topological polar surface area (TPSA) is 84.5 Å². The Labute approximate surface area is 119 Å². The van der Waals surface area contributed by atoms with E-state index in [1.807, 2.05) is 27.7 Å². The highest BCUT2D eigenvalue weighted by atomic mass is 16.5. The van der Waals surface area contributed by atoms with E-state index in [2.05, 4.69) is 15.1 Å². The molecule has 0 saturated carbocycles. The van der Waals surface area contributed by atoms with Gasteiger partial charge in [0.2, 0.25) is 0 Å². The fourth-order valence-corrected chi connectivity index (χ4v) is 2.69. The van der Waals surface area contributed by atoms with Crippen LogP contribution >= 0.6 is 0 Å². The largest absolute Gasteiger partial charge is 0.394 e. The molecule has 1 aromatic rings. The summed E-state index contributed by atoms with van der Waals surface area (Å²) in [6.45, 7) is 9.71. The van der Waals surface area contributed by atoms with Gasteiger partial charge in [0.05, 0.1) is 24.0 Å². The van der Waals surface area contributed by atoms with E-state index in [1.165, 1.54) is 0 Å². The molecular formula is C14H24N4O2. The molecular weight excluding hydrogens is 256 g/mol. The third-order valence-electron chi connectivity index (χ3n) is 3.75. The molecule has 112 valence electrons. The fraction of sp³-hybridized carbons (Fsp3) is 0.714. The SMILES string of the molecule is Cc1nnc(N2CC(CO)OC(C)(C)C2)c(CN)c1C. The summed E-state index contributed by atoms with van der Waals surface area (Å²) in [7, 11) is 0. The molecule has 2 heterocycles. The van der Waals surface area contributed by atoms with E-state index in [-0.39, 0.29) is 18.3 Å². The highest BCUT2D eigenvalue weighted by Gasteiger charge is 2.34. The van der Waals surface area contributed by atoms with Gasteiger partial charge in [-0.15, -0.1) is 5.10 Å². The number of aryl methyl sites for hydroxylation is 1. The van der Waals surface area contributed by atoms with E-state index in [9.17, 15) is 5.11 Å². The van der Waals surface area contributed by atoms with Gasteiger partial charge in [-0.05, 0) is 33.3 Å². The predicted molar refractivity (Wildman–Crippen MR) is 77.6 cm³/mol. The first-order chi connectivity index (χ1) is 9.38. The van der Waals surface area contributed by atoms with Crippen molar-refractivity contribution in [3.8, 4) is 0 Å². The summed E-state index contributed by atoms with van der Waals surface area (Å²) in [6, 6.07) is 0. The molecule has 6 heteroatoms. The van der Waals surface area contributed by atoms with E-state index in [0.717, 1.165) is 22.6 Å². The molecule has 20 heavy (non-hydrogen) atoms. The lowest BCUT2D eigenvalue weighted by Gasteiger charge is -2.43. The van der Waals surface area contributed by atoms with Crippen LogP contribution in [0.4, 0.5) is 5.82 Å². The predicted octanol–water partition coefficient (Wildman–Crippen LogP) is 0.528. The summed E-state index contributed by atoms with van der Waals surface area (Å²) in [4.78, 5) is 2.12. The second kappa shape index (κ2) is 5.63. The highest BCUT2D eigenvalue weighted by molar-refractivity contribution is 5.51. The Hall–Kier alpha value is -1.24. The fourth-order valence-electron chi connectivity index (χ4n) is 2.69. The van der Waals surface area contributed by atoms with Crippen molar-refractivity contribution in [1.29, 1.82) is 0 Å². The van der Waals surface area contributed by atoms with Crippen molar-refractivity contribution >= 4 is 5.82 Å². The van der Waals surface area contributed by atoms with Crippen LogP contribution in [-0.2, 0) is 11.3 Å². The van der Waals surface area contributed by atoms with Gasteiger partial charge in [0.25, 0.3) is 0 Å². The zero-order valence-electron chi connectivity index (χ0n) is 12.7. The van der Waals surface area contributed by atoms with Gasteiger partial charge in [0.15, 0.2) is 5.82 Å². The summed E-state index contributed by atoms with van der Waals surface area (Å²) in [6.07, 6.45) is -0.215. The van der Waals surface area contributed by atoms with E-state index < -0.39 is 0 Å². The van der Waals surface area contributed by atoms with Gasteiger partial charge in [-0.3, -0.25) is 0 Å². The summed E-state index contributed by atoms with van der Waals surface area (Å²) in [5.74, 6) is 0.811. The summed E-state index contributed by atoms with van der Waals surface area (Å²) in [5.41, 5.74) is 8.56. The molecule has 0 aromatic carbocycles. The lowest BCUT2D eigenvalue weighted by molar-refractivity contribution is -0.101. The van der Waals surface area contributed by atoms with E-state index in [4.69, 9.17) is 10.5 Å². The highest BCUT2D eigenvalue weighted by Crippen LogP contribution is 2.28. The van der Waals surface area contributed by atoms with Crippen molar-refractivity contribution in [2.24, 2.45) is 5.73 Å². The van der Waals surface area contributed by atoms with Crippen molar-refractivity contribution in [2.45, 2.75) is 45.9 Å². The lowest BCUT2D eigenvalue weighted by Crippen LogP contribution is -2.54. The Balaban J connectivity index is 2.37. The average Bonchev–Trinajstić information content (AvgIpc) is 2.39. The van der Waals surface area contributed by atoms with Crippen molar-refractivity contribution in [1.82, 2.24) is 10.2 Å². The van der Waals surface area contributed by atoms with Gasteiger partial charge in [0.1, 0.15) is 0 Å². The number of ether oxygens (including phenoxy) is 1. The first-order valence-corrected chi connectivity index (χ1v) is 6.94. The van der Waals surface area contributed by atoms with Gasteiger partial charge in [-0.2, -0.15) is 5.10 Å². The molecule has 1 unspecified atom stereocenters. The number of nitrogens with two attached hydrogens (primary N) is 1. The molecule has 0 radical (unpaired) electrons. The molecule has 1 fully saturated rings. The molecule has 0 bridgehead atoms. The molecule has 1 aliphatic heterocycles. The van der Waals surface area contributed by atoms with E-state index >= 15 is 0 Å². The van der Waals surface area contributed by atoms with Crippen LogP contribution in [0.3, 0.4) is 0 Å². The van der Waals surface area contributed by atoms with Crippen molar-refractivity contribution in [3.63, 3.8) is 0 Å². The number of nitrogens with zero attached hydrogens (tertiary/aromatic N) is 3. The number of anilines is 1. The van der Waals surface area contributed by atoms with Crippen LogP contribution < -0.4 is 10.6 Å². The number of rotatable bonds is 3. The Bertz CT molecular complexity index is 490. The van der Waals surface area contributed by atoms with Crippen molar-refractivity contribution < 1.29 is 9.84 Å². The lowest BCUT2D eigenvalue weighted by atomic mass is 10.0. The van der Waals surface area contributed by atoms with Gasteiger partial charge in [-0.1, -0.05) is 0 Å². The minimum absolute atomic E-state index is 0.00381. The van der Waals surface area contributed by atoms with Gasteiger partial charge in [-0.25, -0.2) is 0 Å². The zero-order valence-corrected chi connectivity index (χ0v) is 12.7. The number of aliphatic hydroxyl groups is 1. The van der Waals surface area contributed by atoms with Crippen LogP contribution in [0.15, 0.2) is 0 Å². The van der Waals surface area contributed by atoms with Crippen LogP contribution in [0.1, 0.15) is 30.7 Å². The average molecular weight is 280 g/mol. The quantitative estimate of drug-likeness (QED) is 0.840. The monoisotopic (exact) mass is 280 g/mol. The Kier molecular flexibility index (Phi) is 4.27. The minimum atomic E-state index is -0.335. The maximum Gasteiger partial charge on any atom is 0.156 e. The molecule has 0 spiro atoms. The first-order valence-electron chi connectivity index (χ1n) is 6.94. The summed E-state index contributed by atoms with van der Waals surface area (Å²) in [5, 5.41) is 17.9. The van der Waals surface area contributed by atoms with Crippen molar-refractivity contribution in [2.75, 3.05) is 24.6 Å². The van der Waals surface area contributed by atoms with Crippen LogP contribution in [0.2, 0.25) is 0 Å². The molecule has 0 aliphatic carbocycles. The van der Waals surface area contributed by atoms with E-state index in [0.29, 0.717) is 19.6 Å². The second-order valence-corrected chi connectivity index (χ2v) is 5.98. The van der Waals surface area contributed by atoms with Crippen molar-refractivity contribution in [3.05, 3.63) is 16.8 Å². The molecule has 0 amide bonds. The van der Waals surface area contributed by atoms with Gasteiger partial charge >= 0.3 is 0 Å². The number of hydrogen-bond acceptors (Lipinski definition) is 6. The standard InChI is InChI=1S/C14H24N4O2/c1-9-10(2)16-17-13(12(9)5-15)18-6-11(7-19)20-14(3,4)8-18/h11,19H,5-8,15H2,1-4H3. The van der Waals surface area contributed by atoms with Crippen LogP contribution in [-0.4, -0.2) is 46.7 Å². The Morgan fingerprint density at radius 1 is 1.40 bits per heavy atom. The third kappa shape index (κ3) is 2.92. The number of aromatic nitrogens is 2. The zero-order chi connectivity index (χ0) is 14.9. The second-order valence-electron chi connectivity index (χ2n) is 5.98. The first kappa shape index (κ1) is 15.2. The van der Waals surface area contributed by atoms with Crippen LogP contribution in [0, 0.1) is 13.8 Å². The number of morpholine rings is 1. The van der Waals surface area contributed by atoms with E-state index in [1.54, 1.807) is 0 Å². The molecule has 2 rings (SSSR count). The molecule has 1 aromatic heterocycles. The molecule has 1 aliphatic rings. The summed E-state index contributed by atoms with van der Waals surface area (Å²) < 4.78 is 5.83. The van der Waals surface area contributed by atoms with Crippen LogP contribution in [0.25, 0.3) is 0 Å². The summed E-state index contributed by atoms with van der Waals surface area (Å²) >= 11 is 0. The van der Waals surface area contributed by atoms with Gasteiger partial charge in [0, 0.05) is 25.2 Å². The smallest absolute Gasteiger partial charge is 0.156 e. The molecule has 6 nitrogen and oxygen atoms in total. The third-order valence-corrected chi connectivity index (χ3v) is 3.75. The number of hydrogen-bond donors (Lipinski definition) is 2. The van der Waals surface area contributed by atoms with Gasteiger partial charge < -0.3 is 20.5 Å². The molecule has 1 saturated heterocycles. The number of aliphatic hydroxyl groups excluding tert-OH is 1. The Morgan fingerprint density at radius 3 is 2.70 bits per heavy atom.